The van der Waals surface area contributed by atoms with Crippen molar-refractivity contribution in [1.82, 2.24) is 24.3 Å². The fourth-order valence-electron chi connectivity index (χ4n) is 4.61. The molecule has 0 bridgehead atoms. The number of nitrogens with zero attached hydrogens (tertiary/aromatic N) is 4. The summed E-state index contributed by atoms with van der Waals surface area (Å²) in [6, 6.07) is 9.05. The fraction of sp³-hybridized carbons (Fsp3) is 0.320. The predicted octanol–water partition coefficient (Wildman–Crippen LogP) is 2.94. The smallest absolute Gasteiger partial charge is 0.267 e. The Labute approximate surface area is 190 Å². The van der Waals surface area contributed by atoms with E-state index >= 15 is 0 Å². The van der Waals surface area contributed by atoms with E-state index in [-0.39, 0.29) is 35.1 Å². The molecule has 33 heavy (non-hydrogen) atoms. The minimum atomic E-state index is -0.317. The van der Waals surface area contributed by atoms with E-state index in [2.05, 4.69) is 10.3 Å². The average molecular weight is 443 g/mol. The number of fused-ring (bicyclic) bond motifs is 2. The van der Waals surface area contributed by atoms with Gasteiger partial charge in [-0.05, 0) is 49.1 Å². The lowest BCUT2D eigenvalue weighted by molar-refractivity contribution is 0.0925. The van der Waals surface area contributed by atoms with Gasteiger partial charge in [-0.25, -0.2) is 4.98 Å². The molecule has 0 atom stereocenters. The normalized spacial score (nSPS) is 14.6. The van der Waals surface area contributed by atoms with Gasteiger partial charge in [0.25, 0.3) is 11.5 Å². The lowest BCUT2D eigenvalue weighted by Gasteiger charge is -2.23. The molecule has 2 N–H and O–H groups in total. The van der Waals surface area contributed by atoms with Crippen molar-refractivity contribution in [3.8, 4) is 0 Å². The van der Waals surface area contributed by atoms with Gasteiger partial charge in [-0.2, -0.15) is 0 Å². The molecule has 1 amide bonds. The van der Waals surface area contributed by atoms with Crippen LogP contribution in [0.15, 0.2) is 53.7 Å². The summed E-state index contributed by atoms with van der Waals surface area (Å²) in [6.07, 6.45) is 10.3. The third-order valence-corrected chi connectivity index (χ3v) is 6.38. The molecule has 8 nitrogen and oxygen atoms in total. The summed E-state index contributed by atoms with van der Waals surface area (Å²) in [5, 5.41) is 12.3. The van der Waals surface area contributed by atoms with E-state index in [0.717, 1.165) is 36.8 Å². The van der Waals surface area contributed by atoms with Crippen molar-refractivity contribution >= 4 is 22.6 Å². The lowest BCUT2D eigenvalue weighted by atomic mass is 9.95. The molecule has 168 valence electrons. The van der Waals surface area contributed by atoms with Gasteiger partial charge in [-0.3, -0.25) is 24.4 Å². The summed E-state index contributed by atoms with van der Waals surface area (Å²) < 4.78 is 3.13. The number of pyridine rings is 3. The molecule has 0 unspecified atom stereocenters. The highest BCUT2D eigenvalue weighted by atomic mass is 16.2. The van der Waals surface area contributed by atoms with E-state index in [1.165, 1.54) is 16.9 Å². The summed E-state index contributed by atoms with van der Waals surface area (Å²) in [7, 11) is 0. The van der Waals surface area contributed by atoms with Crippen molar-refractivity contribution in [3.63, 3.8) is 0 Å². The first-order valence-electron chi connectivity index (χ1n) is 11.3. The summed E-state index contributed by atoms with van der Waals surface area (Å²) in [6.45, 7) is 2.18. The molecule has 1 fully saturated rings. The third kappa shape index (κ3) is 3.92. The largest absolute Gasteiger partial charge is 0.349 e. The highest BCUT2D eigenvalue weighted by Gasteiger charge is 2.21. The molecule has 0 aliphatic heterocycles. The Bertz CT molecular complexity index is 1470. The van der Waals surface area contributed by atoms with E-state index < -0.39 is 0 Å². The molecule has 1 saturated carbocycles. The maximum absolute atomic E-state index is 13.4. The molecule has 8 heteroatoms. The van der Waals surface area contributed by atoms with E-state index in [1.807, 2.05) is 25.1 Å². The quantitative estimate of drug-likeness (QED) is 0.474. The number of aromatic nitrogens is 4. The summed E-state index contributed by atoms with van der Waals surface area (Å²) in [5.41, 5.74) is 2.59. The number of rotatable bonds is 4. The number of carbonyl (C=O) groups excluding carboxylic acids is 1. The second-order valence-electron chi connectivity index (χ2n) is 8.70. The van der Waals surface area contributed by atoms with E-state index in [1.54, 1.807) is 29.2 Å². The van der Waals surface area contributed by atoms with Crippen molar-refractivity contribution in [2.24, 2.45) is 0 Å². The van der Waals surface area contributed by atoms with Crippen molar-refractivity contribution in [2.45, 2.75) is 51.6 Å². The maximum Gasteiger partial charge on any atom is 0.267 e. The van der Waals surface area contributed by atoms with Crippen LogP contribution in [0.5, 0.6) is 0 Å². The van der Waals surface area contributed by atoms with Crippen LogP contribution in [-0.2, 0) is 6.54 Å². The second-order valence-corrected chi connectivity index (χ2v) is 8.70. The minimum absolute atomic E-state index is 0.0319. The molecular formula is C25H26N6O2. The fourth-order valence-corrected chi connectivity index (χ4v) is 4.61. The summed E-state index contributed by atoms with van der Waals surface area (Å²) in [4.78, 5) is 35.6. The SMILES string of the molecule is Cc1cccn2c(=O)c3cc(C(=O)NC4CCCCC4)c(=N)n(Cc4cccnc4)c3nc12. The Morgan fingerprint density at radius 2 is 2.00 bits per heavy atom. The Balaban J connectivity index is 1.72. The molecule has 0 saturated heterocycles. The highest BCUT2D eigenvalue weighted by Crippen LogP contribution is 2.18. The van der Waals surface area contributed by atoms with Crippen LogP contribution >= 0.6 is 0 Å². The van der Waals surface area contributed by atoms with Gasteiger partial charge in [0.2, 0.25) is 0 Å². The summed E-state index contributed by atoms with van der Waals surface area (Å²) in [5.74, 6) is -0.317. The Morgan fingerprint density at radius 3 is 2.76 bits per heavy atom. The van der Waals surface area contributed by atoms with Gasteiger partial charge >= 0.3 is 0 Å². The molecule has 1 aliphatic rings. The van der Waals surface area contributed by atoms with Crippen molar-refractivity contribution < 1.29 is 4.79 Å². The zero-order valence-electron chi connectivity index (χ0n) is 18.5. The average Bonchev–Trinajstić information content (AvgIpc) is 2.83. The topological polar surface area (TPSA) is 105 Å². The van der Waals surface area contributed by atoms with Crippen LogP contribution in [0.4, 0.5) is 0 Å². The van der Waals surface area contributed by atoms with Crippen LogP contribution in [0.25, 0.3) is 16.7 Å². The molecule has 4 heterocycles. The molecule has 0 spiro atoms. The Morgan fingerprint density at radius 1 is 1.18 bits per heavy atom. The predicted molar refractivity (Wildman–Crippen MR) is 125 cm³/mol. The van der Waals surface area contributed by atoms with E-state index in [0.29, 0.717) is 16.7 Å². The Hall–Kier alpha value is -3.81. The highest BCUT2D eigenvalue weighted by molar-refractivity contribution is 5.97. The van der Waals surface area contributed by atoms with Crippen LogP contribution in [0.3, 0.4) is 0 Å². The van der Waals surface area contributed by atoms with Crippen LogP contribution in [-0.4, -0.2) is 30.9 Å². The maximum atomic E-state index is 13.4. The Kier molecular flexibility index (Phi) is 5.50. The number of hydrogen-bond acceptors (Lipinski definition) is 5. The molecule has 0 radical (unpaired) electrons. The molecule has 5 rings (SSSR count). The standard InChI is InChI=1S/C25H26N6O2/c1-16-7-6-12-30-22(16)29-23-20(25(30)33)13-19(24(32)28-18-9-3-2-4-10-18)21(26)31(23)15-17-8-5-11-27-14-17/h5-8,11-14,18,26H,2-4,9-10,15H2,1H3,(H,28,32). The molecular weight excluding hydrogens is 416 g/mol. The summed E-state index contributed by atoms with van der Waals surface area (Å²) >= 11 is 0. The molecule has 4 aromatic rings. The zero-order chi connectivity index (χ0) is 22.9. The lowest BCUT2D eigenvalue weighted by Crippen LogP contribution is -2.40. The van der Waals surface area contributed by atoms with Crippen LogP contribution in [0.1, 0.15) is 53.6 Å². The monoisotopic (exact) mass is 442 g/mol. The van der Waals surface area contributed by atoms with Crippen LogP contribution in [0.2, 0.25) is 0 Å². The molecule has 4 aromatic heterocycles. The van der Waals surface area contributed by atoms with E-state index in [9.17, 15) is 9.59 Å². The first kappa shape index (κ1) is 21.1. The number of hydrogen-bond donors (Lipinski definition) is 2. The number of aryl methyl sites for hydroxylation is 1. The first-order valence-corrected chi connectivity index (χ1v) is 11.3. The van der Waals surface area contributed by atoms with Crippen molar-refractivity contribution in [3.05, 3.63) is 81.5 Å². The first-order chi connectivity index (χ1) is 16.0. The number of carbonyl (C=O) groups is 1. The van der Waals surface area contributed by atoms with E-state index in [4.69, 9.17) is 10.4 Å². The van der Waals surface area contributed by atoms with Gasteiger partial charge in [0.15, 0.2) is 0 Å². The van der Waals surface area contributed by atoms with Crippen molar-refractivity contribution in [1.29, 1.82) is 5.41 Å². The van der Waals surface area contributed by atoms with Gasteiger partial charge in [-0.1, -0.05) is 31.4 Å². The van der Waals surface area contributed by atoms with Gasteiger partial charge in [0.05, 0.1) is 17.5 Å². The van der Waals surface area contributed by atoms with Crippen LogP contribution in [0, 0.1) is 12.3 Å². The second kappa shape index (κ2) is 8.61. The third-order valence-electron chi connectivity index (χ3n) is 6.38. The van der Waals surface area contributed by atoms with Crippen LogP contribution < -0.4 is 16.4 Å². The molecule has 0 aromatic carbocycles. The molecule has 1 aliphatic carbocycles. The van der Waals surface area contributed by atoms with Gasteiger partial charge in [-0.15, -0.1) is 0 Å². The zero-order valence-corrected chi connectivity index (χ0v) is 18.5. The van der Waals surface area contributed by atoms with Crippen molar-refractivity contribution in [2.75, 3.05) is 0 Å². The van der Waals surface area contributed by atoms with Gasteiger partial charge in [0, 0.05) is 24.6 Å². The van der Waals surface area contributed by atoms with Gasteiger partial charge in [0.1, 0.15) is 16.8 Å². The number of nitrogens with one attached hydrogen (secondary N) is 2. The number of amides is 1. The van der Waals surface area contributed by atoms with Gasteiger partial charge < -0.3 is 9.88 Å². The minimum Gasteiger partial charge on any atom is -0.349 e.